The molecule has 0 aromatic carbocycles. The number of esters is 3. The summed E-state index contributed by atoms with van der Waals surface area (Å²) in [5.74, 6) is -2.24. The van der Waals surface area contributed by atoms with Gasteiger partial charge >= 0.3 is 29.4 Å². The van der Waals surface area contributed by atoms with Gasteiger partial charge in [-0.05, 0) is 21.7 Å². The van der Waals surface area contributed by atoms with Crippen LogP contribution in [0, 0.1) is 10.1 Å². The number of aromatic amines is 2. The number of nitrogens with one attached hydrogen (secondary N) is 2. The lowest BCUT2D eigenvalue weighted by molar-refractivity contribution is -0.392. The standard InChI is InChI=1S/C14H17N3O9.C9H7N7O2S/c1-6(18)23-5-9-11(24-7(2)19)12(25-8(3)20)13(26-9)17-14(22)16-10(21)4-15-17;1-15-4-14-7(16(17)18)9(15)19-8-5-6(11-2-10-5)12-3-13-8/h4,9,11-13H,5H2,1-3H3,(H,16,21,22);2-4H,1H3,(H,10,11,12,13)/t9-,11-,12-,13-;/m1./s1. The summed E-state index contributed by atoms with van der Waals surface area (Å²) in [5, 5.41) is 15.5. The predicted octanol–water partition coefficient (Wildman–Crippen LogP) is -0.599. The molecule has 4 aromatic heterocycles. The van der Waals surface area contributed by atoms with Crippen molar-refractivity contribution < 1.29 is 38.3 Å². The van der Waals surface area contributed by atoms with Gasteiger partial charge in [0.25, 0.3) is 5.56 Å². The average molecular weight is 649 g/mol. The fourth-order valence-electron chi connectivity index (χ4n) is 3.99. The highest BCUT2D eigenvalue weighted by atomic mass is 32.2. The molecular formula is C23H24N10O11S. The molecule has 0 saturated carbocycles. The summed E-state index contributed by atoms with van der Waals surface area (Å²) in [4.78, 5) is 88.2. The van der Waals surface area contributed by atoms with Crippen LogP contribution in [0.15, 0.2) is 44.8 Å². The molecule has 4 atom stereocenters. The number of hydrogen-bond donors (Lipinski definition) is 2. The zero-order valence-electron chi connectivity index (χ0n) is 23.8. The van der Waals surface area contributed by atoms with Gasteiger partial charge in [-0.15, -0.1) is 0 Å². The number of hydrogen-bond acceptors (Lipinski definition) is 17. The second-order valence-corrected chi connectivity index (χ2v) is 10.0. The third-order valence-corrected chi connectivity index (χ3v) is 6.91. The van der Waals surface area contributed by atoms with Gasteiger partial charge in [-0.25, -0.2) is 19.7 Å². The molecule has 0 bridgehead atoms. The van der Waals surface area contributed by atoms with Crippen LogP contribution in [-0.4, -0.2) is 92.0 Å². The SMILES string of the molecule is CC(=O)OC[C@H]1O[C@@H](n2ncc(=O)[nH]c2=O)[C@H](OC(C)=O)[C@@H]1OC(C)=O.Cn1cnc([N+](=O)[O-])c1Sc1ncnc2nc[nH]c12. The van der Waals surface area contributed by atoms with Gasteiger partial charge in [-0.1, -0.05) is 0 Å². The van der Waals surface area contributed by atoms with Crippen molar-refractivity contribution in [3.05, 3.63) is 56.1 Å². The first kappa shape index (κ1) is 32.4. The van der Waals surface area contributed by atoms with Crippen LogP contribution in [0.5, 0.6) is 0 Å². The lowest BCUT2D eigenvalue weighted by Gasteiger charge is -2.23. The summed E-state index contributed by atoms with van der Waals surface area (Å²) in [5.41, 5.74) is -0.499. The smallest absolute Gasteiger partial charge is 0.396 e. The maximum Gasteiger partial charge on any atom is 0.396 e. The first-order valence-corrected chi connectivity index (χ1v) is 13.5. The molecule has 5 heterocycles. The minimum absolute atomic E-state index is 0.196. The Morgan fingerprint density at radius 2 is 1.78 bits per heavy atom. The second kappa shape index (κ2) is 13.9. The van der Waals surface area contributed by atoms with Crippen LogP contribution >= 0.6 is 11.8 Å². The minimum Gasteiger partial charge on any atom is -0.463 e. The summed E-state index contributed by atoms with van der Waals surface area (Å²) < 4.78 is 23.0. The van der Waals surface area contributed by atoms with Gasteiger partial charge in [0.05, 0.1) is 6.33 Å². The zero-order valence-corrected chi connectivity index (χ0v) is 24.6. The first-order chi connectivity index (χ1) is 21.3. The van der Waals surface area contributed by atoms with E-state index in [0.717, 1.165) is 36.5 Å². The largest absolute Gasteiger partial charge is 0.463 e. The predicted molar refractivity (Wildman–Crippen MR) is 146 cm³/mol. The topological polar surface area (TPSA) is 271 Å². The molecule has 1 saturated heterocycles. The number of carbonyl (C=O) groups is 3. The maximum absolute atomic E-state index is 12.0. The molecule has 0 amide bonds. The van der Waals surface area contributed by atoms with E-state index in [-0.39, 0.29) is 12.4 Å². The fraction of sp³-hybridized carbons (Fsp3) is 0.391. The van der Waals surface area contributed by atoms with Crippen LogP contribution in [0.3, 0.4) is 0 Å². The molecule has 0 aliphatic carbocycles. The van der Waals surface area contributed by atoms with Crippen molar-refractivity contribution in [1.82, 2.24) is 44.3 Å². The number of aryl methyl sites for hydroxylation is 1. The minimum atomic E-state index is -1.31. The zero-order chi connectivity index (χ0) is 32.8. The van der Waals surface area contributed by atoms with Crippen LogP contribution in [-0.2, 0) is 40.4 Å². The summed E-state index contributed by atoms with van der Waals surface area (Å²) in [6, 6.07) is 0. The Balaban J connectivity index is 0.000000214. The summed E-state index contributed by atoms with van der Waals surface area (Å²) in [6.45, 7) is 3.10. The van der Waals surface area contributed by atoms with E-state index < -0.39 is 58.6 Å². The summed E-state index contributed by atoms with van der Waals surface area (Å²) in [6.07, 6.45) is 0.330. The molecule has 1 aliphatic rings. The lowest BCUT2D eigenvalue weighted by Crippen LogP contribution is -2.43. The molecule has 4 aromatic rings. The van der Waals surface area contributed by atoms with E-state index in [1.165, 1.54) is 25.9 Å². The molecule has 238 valence electrons. The summed E-state index contributed by atoms with van der Waals surface area (Å²) >= 11 is 1.15. The van der Waals surface area contributed by atoms with E-state index in [2.05, 4.69) is 30.0 Å². The Morgan fingerprint density at radius 3 is 2.42 bits per heavy atom. The van der Waals surface area contributed by atoms with Gasteiger partial charge in [0, 0.05) is 27.8 Å². The molecule has 45 heavy (non-hydrogen) atoms. The highest BCUT2D eigenvalue weighted by Gasteiger charge is 2.51. The van der Waals surface area contributed by atoms with E-state index in [4.69, 9.17) is 18.9 Å². The Morgan fingerprint density at radius 1 is 1.07 bits per heavy atom. The van der Waals surface area contributed by atoms with E-state index in [1.54, 1.807) is 11.6 Å². The van der Waals surface area contributed by atoms with E-state index in [0.29, 0.717) is 21.2 Å². The van der Waals surface area contributed by atoms with E-state index in [1.807, 2.05) is 4.98 Å². The van der Waals surface area contributed by atoms with Crippen molar-refractivity contribution in [2.24, 2.45) is 7.05 Å². The summed E-state index contributed by atoms with van der Waals surface area (Å²) in [7, 11) is 1.69. The Bertz CT molecular complexity index is 1850. The van der Waals surface area contributed by atoms with Gasteiger partial charge in [0.15, 0.2) is 29.1 Å². The van der Waals surface area contributed by atoms with E-state index in [9.17, 15) is 34.1 Å². The van der Waals surface area contributed by atoms with Gasteiger partial charge in [0.2, 0.25) is 6.33 Å². The molecule has 5 rings (SSSR count). The fourth-order valence-corrected chi connectivity index (χ4v) is 4.94. The Hall–Kier alpha value is -5.51. The van der Waals surface area contributed by atoms with Gasteiger partial charge < -0.3 is 38.6 Å². The van der Waals surface area contributed by atoms with Crippen LogP contribution < -0.4 is 11.2 Å². The second-order valence-electron chi connectivity index (χ2n) is 9.02. The number of aromatic nitrogens is 9. The van der Waals surface area contributed by atoms with Crippen molar-refractivity contribution in [2.45, 2.75) is 55.4 Å². The average Bonchev–Trinajstić information content (AvgIpc) is 3.66. The van der Waals surface area contributed by atoms with Crippen LogP contribution in [0.2, 0.25) is 0 Å². The number of nitrogens with zero attached hydrogens (tertiary/aromatic N) is 8. The molecule has 1 aliphatic heterocycles. The number of H-pyrrole nitrogens is 2. The van der Waals surface area contributed by atoms with Crippen molar-refractivity contribution in [3.63, 3.8) is 0 Å². The van der Waals surface area contributed by atoms with Crippen LogP contribution in [0.4, 0.5) is 5.82 Å². The van der Waals surface area contributed by atoms with Crippen molar-refractivity contribution >= 4 is 46.7 Å². The number of rotatable bonds is 8. The molecule has 0 unspecified atom stereocenters. The number of carbonyl (C=O) groups excluding carboxylic acids is 3. The Labute approximate surface area is 254 Å². The Kier molecular flexibility index (Phi) is 9.98. The normalized spacial score (nSPS) is 18.9. The van der Waals surface area contributed by atoms with Crippen molar-refractivity contribution in [3.8, 4) is 0 Å². The number of fused-ring (bicyclic) bond motifs is 1. The van der Waals surface area contributed by atoms with Crippen LogP contribution in [0.1, 0.15) is 27.0 Å². The highest BCUT2D eigenvalue weighted by Crippen LogP contribution is 2.35. The first-order valence-electron chi connectivity index (χ1n) is 12.6. The van der Waals surface area contributed by atoms with Crippen LogP contribution in [0.25, 0.3) is 11.2 Å². The number of ether oxygens (including phenoxy) is 4. The molecule has 0 radical (unpaired) electrons. The number of nitro groups is 1. The van der Waals surface area contributed by atoms with Crippen molar-refractivity contribution in [1.29, 1.82) is 0 Å². The third kappa shape index (κ3) is 7.72. The van der Waals surface area contributed by atoms with Gasteiger partial charge in [-0.2, -0.15) is 9.78 Å². The molecule has 21 nitrogen and oxygen atoms in total. The molecule has 0 spiro atoms. The lowest BCUT2D eigenvalue weighted by atomic mass is 10.1. The highest BCUT2D eigenvalue weighted by molar-refractivity contribution is 7.99. The molecule has 1 fully saturated rings. The maximum atomic E-state index is 12.0. The van der Waals surface area contributed by atoms with Crippen molar-refractivity contribution in [2.75, 3.05) is 6.61 Å². The molecule has 22 heteroatoms. The molecular weight excluding hydrogens is 624 g/mol. The number of imidazole rings is 2. The van der Waals surface area contributed by atoms with Gasteiger partial charge in [-0.3, -0.25) is 24.2 Å². The van der Waals surface area contributed by atoms with E-state index >= 15 is 0 Å². The quantitative estimate of drug-likeness (QED) is 0.0793. The monoisotopic (exact) mass is 648 g/mol. The third-order valence-electron chi connectivity index (χ3n) is 5.74. The molecule has 2 N–H and O–H groups in total. The van der Waals surface area contributed by atoms with Gasteiger partial charge in [0.1, 0.15) is 35.8 Å².